The first kappa shape index (κ1) is 7.17. The lowest BCUT2D eigenvalue weighted by atomic mass is 10.0. The number of rotatable bonds is 0. The van der Waals surface area contributed by atoms with Gasteiger partial charge < -0.3 is 0 Å². The van der Waals surface area contributed by atoms with Crippen LogP contribution in [-0.2, 0) is 4.79 Å². The third-order valence-electron chi connectivity index (χ3n) is 1.56. The van der Waals surface area contributed by atoms with Crippen molar-refractivity contribution in [2.75, 3.05) is 0 Å². The Morgan fingerprint density at radius 1 is 1.17 bits per heavy atom. The number of aromatic amines is 1. The van der Waals surface area contributed by atoms with Crippen LogP contribution < -0.4 is 5.56 Å². The van der Waals surface area contributed by atoms with Crippen LogP contribution in [0.1, 0.15) is 15.2 Å². The van der Waals surface area contributed by atoms with Gasteiger partial charge in [-0.1, -0.05) is 11.5 Å². The van der Waals surface area contributed by atoms with E-state index in [4.69, 9.17) is 0 Å². The van der Waals surface area contributed by atoms with E-state index in [9.17, 15) is 14.4 Å². The second-order valence-corrected chi connectivity index (χ2v) is 3.15. The molecular weight excluding hydrogens is 178 g/mol. The largest absolute Gasteiger partial charge is 0.286 e. The molecular formula is C7H3NO3S. The second kappa shape index (κ2) is 2.25. The number of allylic oxidation sites excluding steroid dienone is 1. The van der Waals surface area contributed by atoms with Gasteiger partial charge in [0.25, 0.3) is 5.56 Å². The van der Waals surface area contributed by atoms with Crippen LogP contribution in [-0.4, -0.2) is 15.9 Å². The highest BCUT2D eigenvalue weighted by Gasteiger charge is 2.25. The van der Waals surface area contributed by atoms with Gasteiger partial charge in [0.15, 0.2) is 0 Å². The third kappa shape index (κ3) is 0.799. The smallest absolute Gasteiger partial charge is 0.270 e. The van der Waals surface area contributed by atoms with E-state index in [1.54, 1.807) is 0 Å². The van der Waals surface area contributed by atoms with Crippen molar-refractivity contribution in [1.82, 2.24) is 4.37 Å². The normalized spacial score (nSPS) is 15.0. The molecule has 0 atom stereocenters. The lowest BCUT2D eigenvalue weighted by Crippen LogP contribution is -2.22. The van der Waals surface area contributed by atoms with Gasteiger partial charge in [-0.2, -0.15) is 0 Å². The number of hydrogen-bond acceptors (Lipinski definition) is 4. The molecule has 0 aromatic carbocycles. The minimum absolute atomic E-state index is 0.0208. The van der Waals surface area contributed by atoms with Crippen LogP contribution in [0.25, 0.3) is 6.08 Å². The van der Waals surface area contributed by atoms with Gasteiger partial charge in [0.1, 0.15) is 5.56 Å². The summed E-state index contributed by atoms with van der Waals surface area (Å²) in [6.07, 6.45) is 2.65. The first-order valence-electron chi connectivity index (χ1n) is 3.18. The second-order valence-electron chi connectivity index (χ2n) is 2.30. The zero-order valence-corrected chi connectivity index (χ0v) is 6.60. The molecule has 5 heteroatoms. The van der Waals surface area contributed by atoms with Crippen LogP contribution >= 0.6 is 11.5 Å². The number of ketones is 2. The monoisotopic (exact) mass is 181 g/mol. The van der Waals surface area contributed by atoms with E-state index in [0.717, 1.165) is 11.5 Å². The van der Waals surface area contributed by atoms with Gasteiger partial charge in [-0.3, -0.25) is 18.8 Å². The fourth-order valence-electron chi connectivity index (χ4n) is 0.998. The van der Waals surface area contributed by atoms with Gasteiger partial charge in [0, 0.05) is 0 Å². The quantitative estimate of drug-likeness (QED) is 0.582. The number of nitrogens with one attached hydrogen (secondary N) is 1. The molecule has 0 spiro atoms. The van der Waals surface area contributed by atoms with E-state index in [0.29, 0.717) is 4.88 Å². The average Bonchev–Trinajstić information content (AvgIpc) is 2.41. The number of Topliss-reactive ketones (excluding diaryl/α,β-unsaturated/α-hetero) is 1. The fraction of sp³-hybridized carbons (Fsp3) is 0. The predicted molar refractivity (Wildman–Crippen MR) is 43.3 cm³/mol. The molecule has 60 valence electrons. The van der Waals surface area contributed by atoms with Crippen LogP contribution in [0.15, 0.2) is 10.9 Å². The van der Waals surface area contributed by atoms with E-state index in [1.807, 2.05) is 0 Å². The minimum atomic E-state index is -0.713. The number of carbonyl (C=O) groups is 2. The topological polar surface area (TPSA) is 67.0 Å². The molecule has 0 saturated heterocycles. The van der Waals surface area contributed by atoms with Crippen molar-refractivity contribution in [2.45, 2.75) is 0 Å². The first-order chi connectivity index (χ1) is 5.70. The van der Waals surface area contributed by atoms with Crippen LogP contribution in [0.5, 0.6) is 0 Å². The Kier molecular flexibility index (Phi) is 1.34. The van der Waals surface area contributed by atoms with Crippen molar-refractivity contribution >= 4 is 29.2 Å². The average molecular weight is 181 g/mol. The molecule has 1 aromatic rings. The summed E-state index contributed by atoms with van der Waals surface area (Å²) in [6.45, 7) is 0. The van der Waals surface area contributed by atoms with Crippen LogP contribution in [0.2, 0.25) is 0 Å². The summed E-state index contributed by atoms with van der Waals surface area (Å²) in [5.41, 5.74) is -0.495. The van der Waals surface area contributed by atoms with E-state index >= 15 is 0 Å². The molecule has 1 aliphatic rings. The lowest BCUT2D eigenvalue weighted by molar-refractivity contribution is -0.110. The Hall–Kier alpha value is -1.49. The molecule has 0 unspecified atom stereocenters. The maximum absolute atomic E-state index is 11.1. The molecule has 0 saturated carbocycles. The Bertz CT molecular complexity index is 451. The van der Waals surface area contributed by atoms with Crippen LogP contribution in [0, 0.1) is 0 Å². The molecule has 1 aliphatic carbocycles. The van der Waals surface area contributed by atoms with Crippen LogP contribution in [0.3, 0.4) is 0 Å². The molecule has 0 fully saturated rings. The zero-order chi connectivity index (χ0) is 8.72. The minimum Gasteiger partial charge on any atom is -0.286 e. The maximum atomic E-state index is 11.1. The molecule has 0 aliphatic heterocycles. The Balaban J connectivity index is 2.79. The van der Waals surface area contributed by atoms with Gasteiger partial charge in [-0.15, -0.1) is 0 Å². The number of aromatic nitrogens is 1. The maximum Gasteiger partial charge on any atom is 0.270 e. The molecule has 1 N–H and O–H groups in total. The van der Waals surface area contributed by atoms with Gasteiger partial charge in [-0.05, 0) is 12.2 Å². The van der Waals surface area contributed by atoms with Crippen molar-refractivity contribution in [3.8, 4) is 0 Å². The van der Waals surface area contributed by atoms with Crippen molar-refractivity contribution in [3.63, 3.8) is 0 Å². The highest BCUT2D eigenvalue weighted by atomic mass is 32.1. The SMILES string of the molecule is O=C1C=Cc2s[nH]c(=O)c2C1=O. The summed E-state index contributed by atoms with van der Waals surface area (Å²) in [5, 5.41) is 0. The molecule has 2 rings (SSSR count). The summed E-state index contributed by atoms with van der Waals surface area (Å²) in [5.74, 6) is -1.35. The number of fused-ring (bicyclic) bond motifs is 1. The lowest BCUT2D eigenvalue weighted by Gasteiger charge is -1.97. The molecule has 0 radical (unpaired) electrons. The van der Waals surface area contributed by atoms with Gasteiger partial charge in [0.05, 0.1) is 4.88 Å². The zero-order valence-electron chi connectivity index (χ0n) is 5.79. The van der Waals surface area contributed by atoms with Gasteiger partial charge in [0.2, 0.25) is 11.6 Å². The molecule has 0 amide bonds. The predicted octanol–water partition coefficient (Wildman–Crippen LogP) is 0.215. The van der Waals surface area contributed by atoms with E-state index in [-0.39, 0.29) is 5.56 Å². The number of hydrogen-bond donors (Lipinski definition) is 1. The van der Waals surface area contributed by atoms with Crippen molar-refractivity contribution in [2.24, 2.45) is 0 Å². The summed E-state index contributed by atoms with van der Waals surface area (Å²) in [6, 6.07) is 0. The molecule has 12 heavy (non-hydrogen) atoms. The Labute approximate surface area is 70.7 Å². The highest BCUT2D eigenvalue weighted by molar-refractivity contribution is 7.07. The molecule has 1 aromatic heterocycles. The van der Waals surface area contributed by atoms with Crippen LogP contribution in [0.4, 0.5) is 0 Å². The molecule has 0 bridgehead atoms. The van der Waals surface area contributed by atoms with E-state index in [1.165, 1.54) is 12.2 Å². The van der Waals surface area contributed by atoms with Gasteiger partial charge >= 0.3 is 0 Å². The van der Waals surface area contributed by atoms with Gasteiger partial charge in [-0.25, -0.2) is 0 Å². The summed E-state index contributed by atoms with van der Waals surface area (Å²) in [7, 11) is 0. The van der Waals surface area contributed by atoms with Crippen molar-refractivity contribution < 1.29 is 9.59 Å². The molecule has 1 heterocycles. The first-order valence-corrected chi connectivity index (χ1v) is 4.00. The summed E-state index contributed by atoms with van der Waals surface area (Å²) < 4.78 is 2.39. The highest BCUT2D eigenvalue weighted by Crippen LogP contribution is 2.16. The number of carbonyl (C=O) groups excluding carboxylic acids is 2. The third-order valence-corrected chi connectivity index (χ3v) is 2.41. The summed E-state index contributed by atoms with van der Waals surface area (Å²) >= 11 is 1.06. The molecule has 4 nitrogen and oxygen atoms in total. The Morgan fingerprint density at radius 2 is 1.92 bits per heavy atom. The van der Waals surface area contributed by atoms with Crippen molar-refractivity contribution in [1.29, 1.82) is 0 Å². The fourth-order valence-corrected chi connectivity index (χ4v) is 1.73. The number of H-pyrrole nitrogens is 1. The Morgan fingerprint density at radius 3 is 2.67 bits per heavy atom. The van der Waals surface area contributed by atoms with Crippen molar-refractivity contribution in [3.05, 3.63) is 26.9 Å². The summed E-state index contributed by atoms with van der Waals surface area (Å²) in [4.78, 5) is 33.4. The van der Waals surface area contributed by atoms with E-state index in [2.05, 4.69) is 4.37 Å². The standard InChI is InChI=1S/C7H3NO3S/c9-3-1-2-4-5(6(3)10)7(11)8-12-4/h1-2H,(H,8,11). The van der Waals surface area contributed by atoms with E-state index < -0.39 is 17.1 Å².